The molecule has 2 aromatic rings. The minimum Gasteiger partial charge on any atom is -0.352 e. The van der Waals surface area contributed by atoms with E-state index in [2.05, 4.69) is 20.6 Å². The summed E-state index contributed by atoms with van der Waals surface area (Å²) in [4.78, 5) is 19.7. The lowest BCUT2D eigenvalue weighted by molar-refractivity contribution is -0.137. The first-order chi connectivity index (χ1) is 10.5. The van der Waals surface area contributed by atoms with Gasteiger partial charge in [0.15, 0.2) is 0 Å². The molecule has 0 aliphatic carbocycles. The van der Waals surface area contributed by atoms with Crippen molar-refractivity contribution in [2.45, 2.75) is 6.18 Å². The predicted octanol–water partition coefficient (Wildman–Crippen LogP) is 2.34. The van der Waals surface area contributed by atoms with E-state index in [1.165, 1.54) is 0 Å². The number of rotatable bonds is 5. The molecule has 0 saturated carbocycles. The van der Waals surface area contributed by atoms with Crippen LogP contribution in [0.25, 0.3) is 0 Å². The first-order valence-electron chi connectivity index (χ1n) is 6.43. The molecule has 0 fully saturated rings. The molecule has 22 heavy (non-hydrogen) atoms. The Morgan fingerprint density at radius 1 is 1.05 bits per heavy atom. The van der Waals surface area contributed by atoms with Gasteiger partial charge in [-0.05, 0) is 30.3 Å². The lowest BCUT2D eigenvalue weighted by atomic mass is 10.1. The maximum atomic E-state index is 12.4. The Labute approximate surface area is 124 Å². The SMILES string of the molecule is O=C(NCCNc1ncccn1)c1ccc(C(F)(F)F)cc1. The van der Waals surface area contributed by atoms with Gasteiger partial charge in [-0.3, -0.25) is 4.79 Å². The van der Waals surface area contributed by atoms with Gasteiger partial charge in [-0.25, -0.2) is 9.97 Å². The largest absolute Gasteiger partial charge is 0.416 e. The number of alkyl halides is 3. The van der Waals surface area contributed by atoms with Gasteiger partial charge in [-0.2, -0.15) is 13.2 Å². The monoisotopic (exact) mass is 310 g/mol. The van der Waals surface area contributed by atoms with Crippen LogP contribution in [0, 0.1) is 0 Å². The lowest BCUT2D eigenvalue weighted by Crippen LogP contribution is -2.29. The summed E-state index contributed by atoms with van der Waals surface area (Å²) in [6, 6.07) is 5.73. The highest BCUT2D eigenvalue weighted by molar-refractivity contribution is 5.94. The van der Waals surface area contributed by atoms with E-state index in [0.717, 1.165) is 24.3 Å². The first-order valence-corrected chi connectivity index (χ1v) is 6.43. The number of nitrogens with zero attached hydrogens (tertiary/aromatic N) is 2. The summed E-state index contributed by atoms with van der Waals surface area (Å²) >= 11 is 0. The van der Waals surface area contributed by atoms with Crippen LogP contribution in [0.1, 0.15) is 15.9 Å². The number of aromatic nitrogens is 2. The molecule has 0 aliphatic rings. The average Bonchev–Trinajstić information content (AvgIpc) is 2.52. The molecule has 2 rings (SSSR count). The topological polar surface area (TPSA) is 66.9 Å². The third-order valence-electron chi connectivity index (χ3n) is 2.73. The third-order valence-corrected chi connectivity index (χ3v) is 2.73. The van der Waals surface area contributed by atoms with Crippen LogP contribution in [0.3, 0.4) is 0 Å². The molecule has 0 atom stereocenters. The summed E-state index contributed by atoms with van der Waals surface area (Å²) in [5, 5.41) is 5.48. The zero-order chi connectivity index (χ0) is 16.0. The fraction of sp³-hybridized carbons (Fsp3) is 0.214. The lowest BCUT2D eigenvalue weighted by Gasteiger charge is -2.09. The van der Waals surface area contributed by atoms with Gasteiger partial charge in [-0.1, -0.05) is 0 Å². The summed E-state index contributed by atoms with van der Waals surface area (Å²) in [7, 11) is 0. The highest BCUT2D eigenvalue weighted by Gasteiger charge is 2.30. The van der Waals surface area contributed by atoms with Crippen molar-refractivity contribution in [1.29, 1.82) is 0 Å². The number of hydrogen-bond donors (Lipinski definition) is 2. The summed E-state index contributed by atoms with van der Waals surface area (Å²) in [6.07, 6.45) is -1.25. The van der Waals surface area contributed by atoms with Crippen LogP contribution in [0.15, 0.2) is 42.7 Å². The second-order valence-corrected chi connectivity index (χ2v) is 4.33. The van der Waals surface area contributed by atoms with Crippen LogP contribution in [-0.4, -0.2) is 29.0 Å². The molecule has 8 heteroatoms. The van der Waals surface area contributed by atoms with Crippen LogP contribution in [0.5, 0.6) is 0 Å². The molecule has 0 aliphatic heterocycles. The number of benzene rings is 1. The molecule has 116 valence electrons. The van der Waals surface area contributed by atoms with Crippen LogP contribution in [0.4, 0.5) is 19.1 Å². The molecule has 0 bridgehead atoms. The summed E-state index contributed by atoms with van der Waals surface area (Å²) in [5.74, 6) is -0.00390. The van der Waals surface area contributed by atoms with E-state index in [1.54, 1.807) is 18.5 Å². The van der Waals surface area contributed by atoms with Crippen molar-refractivity contribution in [3.63, 3.8) is 0 Å². The normalized spacial score (nSPS) is 11.0. The Morgan fingerprint density at radius 2 is 1.68 bits per heavy atom. The highest BCUT2D eigenvalue weighted by atomic mass is 19.4. The van der Waals surface area contributed by atoms with Gasteiger partial charge in [0.05, 0.1) is 5.56 Å². The van der Waals surface area contributed by atoms with Crippen molar-refractivity contribution >= 4 is 11.9 Å². The molecule has 2 N–H and O–H groups in total. The molecular weight excluding hydrogens is 297 g/mol. The van der Waals surface area contributed by atoms with Crippen molar-refractivity contribution in [3.8, 4) is 0 Å². The highest BCUT2D eigenvalue weighted by Crippen LogP contribution is 2.28. The summed E-state index contributed by atoms with van der Waals surface area (Å²) < 4.78 is 37.2. The Balaban J connectivity index is 1.80. The van der Waals surface area contributed by atoms with Crippen molar-refractivity contribution in [2.24, 2.45) is 0 Å². The third kappa shape index (κ3) is 4.44. The van der Waals surface area contributed by atoms with Gasteiger partial charge in [0, 0.05) is 31.0 Å². The fourth-order valence-corrected chi connectivity index (χ4v) is 1.65. The van der Waals surface area contributed by atoms with Crippen LogP contribution < -0.4 is 10.6 Å². The average molecular weight is 310 g/mol. The van der Waals surface area contributed by atoms with E-state index < -0.39 is 17.6 Å². The minimum absolute atomic E-state index is 0.170. The van der Waals surface area contributed by atoms with E-state index in [9.17, 15) is 18.0 Å². The van der Waals surface area contributed by atoms with E-state index in [4.69, 9.17) is 0 Å². The van der Waals surface area contributed by atoms with Crippen molar-refractivity contribution in [2.75, 3.05) is 18.4 Å². The van der Waals surface area contributed by atoms with Gasteiger partial charge >= 0.3 is 6.18 Å². The number of hydrogen-bond acceptors (Lipinski definition) is 4. The van der Waals surface area contributed by atoms with Crippen LogP contribution >= 0.6 is 0 Å². The van der Waals surface area contributed by atoms with Gasteiger partial charge in [0.1, 0.15) is 0 Å². The molecule has 5 nitrogen and oxygen atoms in total. The molecule has 0 saturated heterocycles. The molecule has 0 radical (unpaired) electrons. The smallest absolute Gasteiger partial charge is 0.352 e. The second kappa shape index (κ2) is 6.88. The molecule has 1 aromatic heterocycles. The standard InChI is InChI=1S/C14H13F3N4O/c15-14(16,17)11-4-2-10(3-5-11)12(22)18-8-9-21-13-19-6-1-7-20-13/h1-7H,8-9H2,(H,18,22)(H,19,20,21). The maximum absolute atomic E-state index is 12.4. The van der Waals surface area contributed by atoms with Gasteiger partial charge < -0.3 is 10.6 Å². The Hall–Kier alpha value is -2.64. The fourth-order valence-electron chi connectivity index (χ4n) is 1.65. The van der Waals surface area contributed by atoms with Crippen LogP contribution in [0.2, 0.25) is 0 Å². The quantitative estimate of drug-likeness (QED) is 0.832. The van der Waals surface area contributed by atoms with Crippen molar-refractivity contribution < 1.29 is 18.0 Å². The number of halogens is 3. The zero-order valence-electron chi connectivity index (χ0n) is 11.4. The Morgan fingerprint density at radius 3 is 2.27 bits per heavy atom. The maximum Gasteiger partial charge on any atom is 0.416 e. The zero-order valence-corrected chi connectivity index (χ0v) is 11.4. The van der Waals surface area contributed by atoms with E-state index in [0.29, 0.717) is 12.5 Å². The van der Waals surface area contributed by atoms with Crippen LogP contribution in [-0.2, 0) is 6.18 Å². The van der Waals surface area contributed by atoms with E-state index in [1.807, 2.05) is 0 Å². The molecule has 1 heterocycles. The van der Waals surface area contributed by atoms with Gasteiger partial charge in [0.2, 0.25) is 5.95 Å². The Bertz CT molecular complexity index is 614. The van der Waals surface area contributed by atoms with Crippen molar-refractivity contribution in [3.05, 3.63) is 53.9 Å². The minimum atomic E-state index is -4.41. The number of carbonyl (C=O) groups is 1. The van der Waals surface area contributed by atoms with E-state index in [-0.39, 0.29) is 12.1 Å². The van der Waals surface area contributed by atoms with Crippen molar-refractivity contribution in [1.82, 2.24) is 15.3 Å². The summed E-state index contributed by atoms with van der Waals surface area (Å²) in [6.45, 7) is 0.689. The summed E-state index contributed by atoms with van der Waals surface area (Å²) in [5.41, 5.74) is -0.615. The van der Waals surface area contributed by atoms with E-state index >= 15 is 0 Å². The second-order valence-electron chi connectivity index (χ2n) is 4.33. The number of anilines is 1. The van der Waals surface area contributed by atoms with Gasteiger partial charge in [0.25, 0.3) is 5.91 Å². The molecule has 0 spiro atoms. The first kappa shape index (κ1) is 15.7. The van der Waals surface area contributed by atoms with Gasteiger partial charge in [-0.15, -0.1) is 0 Å². The number of carbonyl (C=O) groups excluding carboxylic acids is 1. The molecule has 0 unspecified atom stereocenters. The molecule has 1 amide bonds. The predicted molar refractivity (Wildman–Crippen MR) is 74.3 cm³/mol. The molecule has 1 aromatic carbocycles. The molecular formula is C14H13F3N4O. The number of amides is 1. The number of nitrogens with one attached hydrogen (secondary N) is 2. The Kier molecular flexibility index (Phi) is 4.92.